The molecule has 0 atom stereocenters. The average molecular weight is 260 g/mol. The molecule has 0 aromatic carbocycles. The van der Waals surface area contributed by atoms with E-state index in [1.807, 2.05) is 32.6 Å². The van der Waals surface area contributed by atoms with E-state index in [2.05, 4.69) is 0 Å². The Morgan fingerprint density at radius 1 is 1.18 bits per heavy atom. The van der Waals surface area contributed by atoms with Gasteiger partial charge in [0.1, 0.15) is 5.03 Å². The van der Waals surface area contributed by atoms with Crippen molar-refractivity contribution < 1.29 is 8.42 Å². The van der Waals surface area contributed by atoms with Crippen molar-refractivity contribution in [2.75, 3.05) is 20.1 Å². The van der Waals surface area contributed by atoms with Gasteiger partial charge in [0, 0.05) is 26.2 Å². The smallest absolute Gasteiger partial charge is 0.258 e. The van der Waals surface area contributed by atoms with Gasteiger partial charge in [0.05, 0.1) is 0 Å². The number of hydrogen-bond donors (Lipinski definition) is 0. The molecule has 4 nitrogen and oxygen atoms in total. The van der Waals surface area contributed by atoms with Crippen LogP contribution in [0, 0.1) is 0 Å². The summed E-state index contributed by atoms with van der Waals surface area (Å²) in [5.41, 5.74) is 0.868. The summed E-state index contributed by atoms with van der Waals surface area (Å²) in [5, 5.41) is 0.495. The number of allylic oxidation sites excluding steroid dienone is 1. The standard InChI is InChI=1S/C12H24N2O2S/c1-10(2)12-14(11(3)4)9-7-6-8-13(5)17(12,15)16/h11H,6-9H2,1-5H3. The second-order valence-electron chi connectivity index (χ2n) is 5.13. The maximum Gasteiger partial charge on any atom is 0.258 e. The predicted molar refractivity (Wildman–Crippen MR) is 71.0 cm³/mol. The van der Waals surface area contributed by atoms with Gasteiger partial charge in [0.2, 0.25) is 0 Å². The van der Waals surface area contributed by atoms with E-state index in [1.165, 1.54) is 4.31 Å². The second kappa shape index (κ2) is 5.40. The third-order valence-corrected chi connectivity index (χ3v) is 5.22. The van der Waals surface area contributed by atoms with Crippen molar-refractivity contribution in [1.82, 2.24) is 9.21 Å². The highest BCUT2D eigenvalue weighted by atomic mass is 32.2. The highest BCUT2D eigenvalue weighted by Crippen LogP contribution is 2.25. The molecule has 1 aliphatic heterocycles. The van der Waals surface area contributed by atoms with Crippen LogP contribution in [0.3, 0.4) is 0 Å². The van der Waals surface area contributed by atoms with Crippen molar-refractivity contribution in [3.8, 4) is 0 Å². The number of rotatable bonds is 1. The lowest BCUT2D eigenvalue weighted by atomic mass is 10.2. The first-order valence-electron chi connectivity index (χ1n) is 6.19. The van der Waals surface area contributed by atoms with Crippen LogP contribution in [0.5, 0.6) is 0 Å². The van der Waals surface area contributed by atoms with Crippen LogP contribution in [0.25, 0.3) is 0 Å². The molecule has 0 aromatic rings. The topological polar surface area (TPSA) is 40.6 Å². The van der Waals surface area contributed by atoms with E-state index < -0.39 is 10.0 Å². The molecule has 1 fully saturated rings. The number of nitrogens with zero attached hydrogens (tertiary/aromatic N) is 2. The van der Waals surface area contributed by atoms with E-state index in [1.54, 1.807) is 7.05 Å². The molecule has 1 saturated heterocycles. The molecule has 1 heterocycles. The molecule has 1 aliphatic rings. The number of hydrogen-bond acceptors (Lipinski definition) is 3. The van der Waals surface area contributed by atoms with Crippen LogP contribution in [-0.4, -0.2) is 43.8 Å². The monoisotopic (exact) mass is 260 g/mol. The Balaban J connectivity index is 3.29. The molecule has 100 valence electrons. The van der Waals surface area contributed by atoms with Gasteiger partial charge in [-0.15, -0.1) is 0 Å². The molecule has 5 heteroatoms. The Labute approximate surface area is 105 Å². The molecule has 0 saturated carbocycles. The Kier molecular flexibility index (Phi) is 4.61. The van der Waals surface area contributed by atoms with E-state index in [0.717, 1.165) is 25.0 Å². The van der Waals surface area contributed by atoms with Crippen molar-refractivity contribution in [3.63, 3.8) is 0 Å². The molecular formula is C12H24N2O2S. The highest BCUT2D eigenvalue weighted by molar-refractivity contribution is 7.92. The molecule has 0 N–H and O–H groups in total. The summed E-state index contributed by atoms with van der Waals surface area (Å²) in [6, 6.07) is 0.209. The van der Waals surface area contributed by atoms with Crippen molar-refractivity contribution in [2.24, 2.45) is 0 Å². The summed E-state index contributed by atoms with van der Waals surface area (Å²) in [7, 11) is -1.65. The van der Waals surface area contributed by atoms with Crippen molar-refractivity contribution in [1.29, 1.82) is 0 Å². The van der Waals surface area contributed by atoms with Crippen molar-refractivity contribution in [3.05, 3.63) is 10.6 Å². The molecule has 0 aliphatic carbocycles. The van der Waals surface area contributed by atoms with E-state index in [-0.39, 0.29) is 6.04 Å². The fraction of sp³-hybridized carbons (Fsp3) is 0.833. The third kappa shape index (κ3) is 3.01. The van der Waals surface area contributed by atoms with Gasteiger partial charge in [-0.05, 0) is 46.1 Å². The zero-order valence-corrected chi connectivity index (χ0v) is 12.3. The van der Waals surface area contributed by atoms with Crippen LogP contribution in [0.4, 0.5) is 0 Å². The maximum absolute atomic E-state index is 12.5. The largest absolute Gasteiger partial charge is 0.359 e. The molecule has 0 aromatic heterocycles. The van der Waals surface area contributed by atoms with Crippen molar-refractivity contribution in [2.45, 2.75) is 46.6 Å². The van der Waals surface area contributed by atoms with Crippen LogP contribution >= 0.6 is 0 Å². The molecule has 0 radical (unpaired) electrons. The Bertz CT molecular complexity index is 395. The lowest BCUT2D eigenvalue weighted by Gasteiger charge is -2.36. The minimum atomic E-state index is -3.32. The quantitative estimate of drug-likeness (QED) is 0.724. The summed E-state index contributed by atoms with van der Waals surface area (Å²) in [6.45, 7) is 9.27. The zero-order valence-electron chi connectivity index (χ0n) is 11.5. The van der Waals surface area contributed by atoms with Crippen LogP contribution in [0.2, 0.25) is 0 Å². The summed E-state index contributed by atoms with van der Waals surface area (Å²) in [4.78, 5) is 2.01. The lowest BCUT2D eigenvalue weighted by molar-refractivity contribution is 0.273. The molecule has 0 unspecified atom stereocenters. The minimum absolute atomic E-state index is 0.209. The van der Waals surface area contributed by atoms with E-state index in [0.29, 0.717) is 11.6 Å². The van der Waals surface area contributed by atoms with Gasteiger partial charge in [-0.25, -0.2) is 8.42 Å². The zero-order chi connectivity index (χ0) is 13.2. The predicted octanol–water partition coefficient (Wildman–Crippen LogP) is 2.00. The summed E-state index contributed by atoms with van der Waals surface area (Å²) >= 11 is 0. The van der Waals surface area contributed by atoms with Gasteiger partial charge in [-0.3, -0.25) is 0 Å². The fourth-order valence-corrected chi connectivity index (χ4v) is 3.95. The van der Waals surface area contributed by atoms with Gasteiger partial charge in [0.15, 0.2) is 0 Å². The minimum Gasteiger partial charge on any atom is -0.359 e. The number of sulfonamides is 1. The van der Waals surface area contributed by atoms with Crippen LogP contribution < -0.4 is 0 Å². The molecular weight excluding hydrogens is 236 g/mol. The summed E-state index contributed by atoms with van der Waals surface area (Å²) in [5.74, 6) is 0. The maximum atomic E-state index is 12.5. The lowest BCUT2D eigenvalue weighted by Crippen LogP contribution is -2.42. The molecule has 0 spiro atoms. The van der Waals surface area contributed by atoms with Crippen LogP contribution in [-0.2, 0) is 10.0 Å². The second-order valence-corrected chi connectivity index (χ2v) is 7.09. The van der Waals surface area contributed by atoms with Crippen LogP contribution in [0.1, 0.15) is 40.5 Å². The van der Waals surface area contributed by atoms with Gasteiger partial charge >= 0.3 is 0 Å². The summed E-state index contributed by atoms with van der Waals surface area (Å²) in [6.07, 6.45) is 1.96. The Morgan fingerprint density at radius 3 is 2.18 bits per heavy atom. The van der Waals surface area contributed by atoms with Gasteiger partial charge in [-0.1, -0.05) is 0 Å². The van der Waals surface area contributed by atoms with Crippen LogP contribution in [0.15, 0.2) is 10.6 Å². The van der Waals surface area contributed by atoms with Gasteiger partial charge < -0.3 is 4.90 Å². The van der Waals surface area contributed by atoms with E-state index in [9.17, 15) is 8.42 Å². The Hall–Kier alpha value is -0.550. The Morgan fingerprint density at radius 2 is 1.71 bits per heavy atom. The molecule has 0 bridgehead atoms. The average Bonchev–Trinajstić information content (AvgIpc) is 2.18. The first-order chi connectivity index (χ1) is 7.78. The van der Waals surface area contributed by atoms with Crippen molar-refractivity contribution >= 4 is 10.0 Å². The van der Waals surface area contributed by atoms with Gasteiger partial charge in [0.25, 0.3) is 10.0 Å². The van der Waals surface area contributed by atoms with E-state index in [4.69, 9.17) is 0 Å². The first kappa shape index (κ1) is 14.5. The molecule has 1 rings (SSSR count). The summed E-state index contributed by atoms with van der Waals surface area (Å²) < 4.78 is 26.4. The third-order valence-electron chi connectivity index (χ3n) is 3.09. The SMILES string of the molecule is CC(C)=C1N(C(C)C)CCCCN(C)S1(=O)=O. The van der Waals surface area contributed by atoms with Gasteiger partial charge in [-0.2, -0.15) is 4.31 Å². The normalized spacial score (nSPS) is 22.5. The fourth-order valence-electron chi connectivity index (χ4n) is 2.17. The molecule has 0 amide bonds. The first-order valence-corrected chi connectivity index (χ1v) is 7.63. The highest BCUT2D eigenvalue weighted by Gasteiger charge is 2.31. The molecule has 17 heavy (non-hydrogen) atoms. The van der Waals surface area contributed by atoms with E-state index >= 15 is 0 Å².